The lowest BCUT2D eigenvalue weighted by Gasteiger charge is -2.50. The van der Waals surface area contributed by atoms with Gasteiger partial charge < -0.3 is 25.8 Å². The zero-order chi connectivity index (χ0) is 30.4. The topological polar surface area (TPSA) is 114 Å². The first-order valence-corrected chi connectivity index (χ1v) is 16.3. The van der Waals surface area contributed by atoms with Gasteiger partial charge >= 0.3 is 0 Å². The third-order valence-electron chi connectivity index (χ3n) is 9.47. The first kappa shape index (κ1) is 31.3. The van der Waals surface area contributed by atoms with Gasteiger partial charge in [0.1, 0.15) is 17.3 Å². The third-order valence-corrected chi connectivity index (χ3v) is 9.47. The molecular weight excluding hydrogens is 538 g/mol. The van der Waals surface area contributed by atoms with Gasteiger partial charge in [-0.2, -0.15) is 5.10 Å². The van der Waals surface area contributed by atoms with E-state index in [9.17, 15) is 4.79 Å². The lowest BCUT2D eigenvalue weighted by Crippen LogP contribution is -2.49. The molecule has 2 aliphatic rings. The summed E-state index contributed by atoms with van der Waals surface area (Å²) in [4.78, 5) is 16.8. The summed E-state index contributed by atoms with van der Waals surface area (Å²) in [6.07, 6.45) is 12.3. The standard InChI is InChI=1S/C34H51N7O2/c1-24(2)41-32-29(22-37-41)30(33(42)36-21-28-19-25(3)43-39-28)34(15-10-8-6-5-7-9-11-16-34)31(38-32)27-14-12-13-26(20-27)23-40(4)18-17-35/h12-14,19-20,22,24,30-31,38H,5-11,15-18,21,23,35H2,1-4H3,(H,36,42). The fourth-order valence-electron chi connectivity index (χ4n) is 7.46. The first-order chi connectivity index (χ1) is 20.8. The number of likely N-dealkylation sites (N-methyl/N-ethyl adjacent to an activating group) is 1. The monoisotopic (exact) mass is 589 g/mol. The lowest BCUT2D eigenvalue weighted by molar-refractivity contribution is -0.127. The van der Waals surface area contributed by atoms with Crippen LogP contribution in [-0.2, 0) is 17.9 Å². The Hall–Kier alpha value is -3.17. The third kappa shape index (κ3) is 6.99. The average Bonchev–Trinajstić information content (AvgIpc) is 3.60. The maximum atomic E-state index is 14.6. The van der Waals surface area contributed by atoms with Crippen LogP contribution in [0, 0.1) is 12.3 Å². The molecule has 0 radical (unpaired) electrons. The van der Waals surface area contributed by atoms with E-state index in [-0.39, 0.29) is 29.3 Å². The number of aryl methyl sites for hydroxylation is 1. The van der Waals surface area contributed by atoms with Crippen molar-refractivity contribution < 1.29 is 9.32 Å². The molecule has 43 heavy (non-hydrogen) atoms. The van der Waals surface area contributed by atoms with E-state index in [1.54, 1.807) is 0 Å². The minimum absolute atomic E-state index is 0.0292. The largest absolute Gasteiger partial charge is 0.363 e. The normalized spacial score (nSPS) is 20.6. The summed E-state index contributed by atoms with van der Waals surface area (Å²) in [5.41, 5.74) is 9.79. The fourth-order valence-corrected chi connectivity index (χ4v) is 7.46. The predicted octanol–water partition coefficient (Wildman–Crippen LogP) is 6.23. The van der Waals surface area contributed by atoms with E-state index in [1.165, 1.54) is 43.2 Å². The van der Waals surface area contributed by atoms with Crippen LogP contribution in [0.25, 0.3) is 0 Å². The lowest BCUT2D eigenvalue weighted by atomic mass is 9.58. The molecule has 2 atom stereocenters. The zero-order valence-corrected chi connectivity index (χ0v) is 26.6. The van der Waals surface area contributed by atoms with Crippen LogP contribution in [0.2, 0.25) is 0 Å². The number of carbonyl (C=O) groups excluding carboxylic acids is 1. The SMILES string of the molecule is Cc1cc(CNC(=O)C2c3cnn(C(C)C)c3NC(c3cccc(CN(C)CCN)c3)C23CCCCCCCCC3)no1. The van der Waals surface area contributed by atoms with Crippen molar-refractivity contribution in [2.24, 2.45) is 11.1 Å². The highest BCUT2D eigenvalue weighted by Crippen LogP contribution is 2.59. The number of rotatable bonds is 9. The Kier molecular flexibility index (Phi) is 10.2. The molecule has 9 heteroatoms. The van der Waals surface area contributed by atoms with Gasteiger partial charge in [0.15, 0.2) is 0 Å². The number of aromatic nitrogens is 3. The fraction of sp³-hybridized carbons (Fsp3) is 0.618. The van der Waals surface area contributed by atoms with Crippen LogP contribution in [0.5, 0.6) is 0 Å². The van der Waals surface area contributed by atoms with Gasteiger partial charge in [0.2, 0.25) is 5.91 Å². The van der Waals surface area contributed by atoms with Crippen molar-refractivity contribution in [1.29, 1.82) is 0 Å². The van der Waals surface area contributed by atoms with Crippen molar-refractivity contribution in [2.75, 3.05) is 25.5 Å². The number of hydrogen-bond acceptors (Lipinski definition) is 7. The number of anilines is 1. The summed E-state index contributed by atoms with van der Waals surface area (Å²) in [6.45, 7) is 8.83. The molecule has 1 aliphatic carbocycles. The average molecular weight is 590 g/mol. The highest BCUT2D eigenvalue weighted by Gasteiger charge is 2.54. The second-order valence-electron chi connectivity index (χ2n) is 13.1. The Balaban J connectivity index is 1.61. The Morgan fingerprint density at radius 3 is 2.53 bits per heavy atom. The molecule has 0 bridgehead atoms. The van der Waals surface area contributed by atoms with Gasteiger partial charge in [-0.1, -0.05) is 74.4 Å². The van der Waals surface area contributed by atoms with E-state index in [4.69, 9.17) is 15.4 Å². The molecular formula is C34H51N7O2. The summed E-state index contributed by atoms with van der Waals surface area (Å²) in [5.74, 6) is 1.42. The van der Waals surface area contributed by atoms with Crippen molar-refractivity contribution in [3.05, 3.63) is 64.7 Å². The molecule has 0 saturated heterocycles. The molecule has 3 aromatic rings. The van der Waals surface area contributed by atoms with E-state index in [0.29, 0.717) is 13.1 Å². The molecule has 1 aliphatic heterocycles. The van der Waals surface area contributed by atoms with Crippen LogP contribution in [0.1, 0.15) is 118 Å². The second kappa shape index (κ2) is 14.1. The van der Waals surface area contributed by atoms with E-state index in [2.05, 4.69) is 70.5 Å². The molecule has 1 amide bonds. The Labute approximate surface area is 256 Å². The Bertz CT molecular complexity index is 1340. The Morgan fingerprint density at radius 1 is 1.16 bits per heavy atom. The number of nitrogens with zero attached hydrogens (tertiary/aromatic N) is 4. The molecule has 9 nitrogen and oxygen atoms in total. The van der Waals surface area contributed by atoms with Crippen LogP contribution >= 0.6 is 0 Å². The smallest absolute Gasteiger partial charge is 0.228 e. The van der Waals surface area contributed by atoms with Crippen molar-refractivity contribution in [3.63, 3.8) is 0 Å². The number of benzene rings is 1. The van der Waals surface area contributed by atoms with Crippen molar-refractivity contribution in [2.45, 2.75) is 110 Å². The summed E-state index contributed by atoms with van der Waals surface area (Å²) in [5, 5.41) is 16.3. The number of nitrogens with one attached hydrogen (secondary N) is 2. The summed E-state index contributed by atoms with van der Waals surface area (Å²) in [6, 6.07) is 11.0. The minimum atomic E-state index is -0.336. The van der Waals surface area contributed by atoms with E-state index >= 15 is 0 Å². The van der Waals surface area contributed by atoms with Gasteiger partial charge in [0, 0.05) is 42.7 Å². The predicted molar refractivity (Wildman–Crippen MR) is 171 cm³/mol. The molecule has 1 spiro atoms. The van der Waals surface area contributed by atoms with Gasteiger partial charge in [-0.15, -0.1) is 0 Å². The molecule has 5 rings (SSSR count). The summed E-state index contributed by atoms with van der Waals surface area (Å²) < 4.78 is 7.34. The maximum absolute atomic E-state index is 14.6. The summed E-state index contributed by atoms with van der Waals surface area (Å²) in [7, 11) is 2.12. The molecule has 1 fully saturated rings. The van der Waals surface area contributed by atoms with Crippen LogP contribution < -0.4 is 16.4 Å². The van der Waals surface area contributed by atoms with Gasteiger partial charge in [-0.3, -0.25) is 4.79 Å². The highest BCUT2D eigenvalue weighted by atomic mass is 16.5. The second-order valence-corrected chi connectivity index (χ2v) is 13.1. The number of fused-ring (bicyclic) bond motifs is 1. The highest BCUT2D eigenvalue weighted by molar-refractivity contribution is 5.87. The van der Waals surface area contributed by atoms with Crippen LogP contribution in [0.3, 0.4) is 0 Å². The minimum Gasteiger partial charge on any atom is -0.363 e. The van der Waals surface area contributed by atoms with E-state index in [0.717, 1.165) is 61.6 Å². The van der Waals surface area contributed by atoms with Gasteiger partial charge in [-0.25, -0.2) is 4.68 Å². The number of hydrogen-bond donors (Lipinski definition) is 3. The van der Waals surface area contributed by atoms with Gasteiger partial charge in [0.25, 0.3) is 0 Å². The molecule has 234 valence electrons. The number of carbonyl (C=O) groups is 1. The molecule has 2 unspecified atom stereocenters. The maximum Gasteiger partial charge on any atom is 0.228 e. The van der Waals surface area contributed by atoms with Crippen LogP contribution in [0.15, 0.2) is 41.1 Å². The van der Waals surface area contributed by atoms with Crippen LogP contribution in [-0.4, -0.2) is 45.9 Å². The van der Waals surface area contributed by atoms with Gasteiger partial charge in [0.05, 0.1) is 24.7 Å². The Morgan fingerprint density at radius 2 is 1.88 bits per heavy atom. The number of nitrogens with two attached hydrogens (primary N) is 1. The van der Waals surface area contributed by atoms with Crippen molar-refractivity contribution >= 4 is 11.7 Å². The van der Waals surface area contributed by atoms with Gasteiger partial charge in [-0.05, 0) is 51.8 Å². The quantitative estimate of drug-likeness (QED) is 0.271. The van der Waals surface area contributed by atoms with Crippen molar-refractivity contribution in [3.8, 4) is 0 Å². The summed E-state index contributed by atoms with van der Waals surface area (Å²) >= 11 is 0. The van der Waals surface area contributed by atoms with Crippen molar-refractivity contribution in [1.82, 2.24) is 25.2 Å². The molecule has 1 aromatic carbocycles. The molecule has 4 N–H and O–H groups in total. The van der Waals surface area contributed by atoms with E-state index < -0.39 is 0 Å². The number of amides is 1. The molecule has 3 heterocycles. The molecule has 2 aromatic heterocycles. The first-order valence-electron chi connectivity index (χ1n) is 16.3. The van der Waals surface area contributed by atoms with E-state index in [1.807, 2.05) is 19.2 Å². The van der Waals surface area contributed by atoms with Crippen LogP contribution in [0.4, 0.5) is 5.82 Å². The molecule has 1 saturated carbocycles. The zero-order valence-electron chi connectivity index (χ0n) is 26.6.